The van der Waals surface area contributed by atoms with E-state index in [4.69, 9.17) is 0 Å². The molecule has 116 valence electrons. The molecule has 1 saturated heterocycles. The molecule has 0 atom stereocenters. The average molecular weight is 311 g/mol. The maximum atomic E-state index is 12.3. The highest BCUT2D eigenvalue weighted by Gasteiger charge is 2.25. The van der Waals surface area contributed by atoms with Crippen LogP contribution in [0.4, 0.5) is 5.69 Å². The second-order valence-electron chi connectivity index (χ2n) is 5.25. The van der Waals surface area contributed by atoms with Crippen molar-refractivity contribution in [2.45, 2.75) is 32.2 Å². The lowest BCUT2D eigenvalue weighted by molar-refractivity contribution is 0.0934. The van der Waals surface area contributed by atoms with E-state index in [1.165, 1.54) is 6.20 Å². The van der Waals surface area contributed by atoms with Crippen molar-refractivity contribution in [1.29, 1.82) is 0 Å². The van der Waals surface area contributed by atoms with Crippen molar-refractivity contribution in [3.63, 3.8) is 0 Å². The Morgan fingerprint density at radius 2 is 2.10 bits per heavy atom. The highest BCUT2D eigenvalue weighted by Crippen LogP contribution is 2.16. The van der Waals surface area contributed by atoms with Gasteiger partial charge in [-0.1, -0.05) is 6.92 Å². The molecule has 2 heterocycles. The number of hydrogen-bond donors (Lipinski definition) is 2. The summed E-state index contributed by atoms with van der Waals surface area (Å²) in [6.45, 7) is 2.84. The first-order valence-electron chi connectivity index (χ1n) is 7.21. The van der Waals surface area contributed by atoms with Gasteiger partial charge >= 0.3 is 0 Å². The Bertz CT molecular complexity index is 587. The van der Waals surface area contributed by atoms with E-state index in [1.807, 2.05) is 0 Å². The van der Waals surface area contributed by atoms with Crippen LogP contribution >= 0.6 is 0 Å². The van der Waals surface area contributed by atoms with Crippen LogP contribution < -0.4 is 10.6 Å². The van der Waals surface area contributed by atoms with Crippen LogP contribution in [0.2, 0.25) is 0 Å². The summed E-state index contributed by atoms with van der Waals surface area (Å²) >= 11 is 0. The van der Waals surface area contributed by atoms with Gasteiger partial charge in [0.1, 0.15) is 9.84 Å². The molecule has 0 saturated carbocycles. The summed E-state index contributed by atoms with van der Waals surface area (Å²) in [6.07, 6.45) is 5.09. The Labute approximate surface area is 125 Å². The summed E-state index contributed by atoms with van der Waals surface area (Å²) in [6, 6.07) is 1.69. The number of nitrogens with zero attached hydrogens (tertiary/aromatic N) is 1. The largest absolute Gasteiger partial charge is 0.384 e. The molecule has 0 radical (unpaired) electrons. The summed E-state index contributed by atoms with van der Waals surface area (Å²) in [7, 11) is -2.91. The molecule has 21 heavy (non-hydrogen) atoms. The van der Waals surface area contributed by atoms with Gasteiger partial charge in [0.2, 0.25) is 0 Å². The van der Waals surface area contributed by atoms with Crippen LogP contribution in [-0.2, 0) is 9.84 Å². The molecule has 7 heteroatoms. The van der Waals surface area contributed by atoms with Gasteiger partial charge in [-0.05, 0) is 25.3 Å². The van der Waals surface area contributed by atoms with Crippen LogP contribution in [-0.4, -0.2) is 43.4 Å². The first kappa shape index (κ1) is 15.8. The average Bonchev–Trinajstić information content (AvgIpc) is 2.47. The minimum Gasteiger partial charge on any atom is -0.384 e. The minimum atomic E-state index is -2.91. The van der Waals surface area contributed by atoms with E-state index in [1.54, 1.807) is 12.3 Å². The fourth-order valence-electron chi connectivity index (χ4n) is 2.29. The Kier molecular flexibility index (Phi) is 5.17. The van der Waals surface area contributed by atoms with E-state index >= 15 is 0 Å². The van der Waals surface area contributed by atoms with Crippen molar-refractivity contribution in [3.8, 4) is 0 Å². The lowest BCUT2D eigenvalue weighted by Crippen LogP contribution is -2.41. The molecule has 0 aromatic carbocycles. The van der Waals surface area contributed by atoms with Gasteiger partial charge in [-0.3, -0.25) is 9.78 Å². The predicted molar refractivity (Wildman–Crippen MR) is 82.2 cm³/mol. The van der Waals surface area contributed by atoms with E-state index in [-0.39, 0.29) is 23.5 Å². The van der Waals surface area contributed by atoms with Crippen LogP contribution in [0.5, 0.6) is 0 Å². The molecular weight excluding hydrogens is 290 g/mol. The first-order chi connectivity index (χ1) is 10.0. The zero-order chi connectivity index (χ0) is 15.3. The van der Waals surface area contributed by atoms with Crippen molar-refractivity contribution in [2.24, 2.45) is 0 Å². The maximum Gasteiger partial charge on any atom is 0.255 e. The van der Waals surface area contributed by atoms with E-state index in [0.717, 1.165) is 18.7 Å². The third-order valence-electron chi connectivity index (χ3n) is 3.52. The van der Waals surface area contributed by atoms with Gasteiger partial charge in [0.15, 0.2) is 0 Å². The van der Waals surface area contributed by atoms with Crippen LogP contribution in [0.15, 0.2) is 18.5 Å². The SMILES string of the molecule is CCCNc1ccncc1C(=O)NC1CCS(=O)(=O)CC1. The molecule has 1 fully saturated rings. The van der Waals surface area contributed by atoms with Gasteiger partial charge in [0.25, 0.3) is 5.91 Å². The van der Waals surface area contributed by atoms with Crippen molar-refractivity contribution in [3.05, 3.63) is 24.0 Å². The summed E-state index contributed by atoms with van der Waals surface area (Å²) in [5.74, 6) is 0.0868. The van der Waals surface area contributed by atoms with Gasteiger partial charge in [-0.25, -0.2) is 8.42 Å². The van der Waals surface area contributed by atoms with Gasteiger partial charge < -0.3 is 10.6 Å². The number of rotatable bonds is 5. The lowest BCUT2D eigenvalue weighted by atomic mass is 10.1. The number of carbonyl (C=O) groups is 1. The van der Waals surface area contributed by atoms with Crippen molar-refractivity contribution in [1.82, 2.24) is 10.3 Å². The van der Waals surface area contributed by atoms with E-state index in [2.05, 4.69) is 22.5 Å². The predicted octanol–water partition coefficient (Wildman–Crippen LogP) is 1.21. The topological polar surface area (TPSA) is 88.2 Å². The van der Waals surface area contributed by atoms with E-state index < -0.39 is 9.84 Å². The van der Waals surface area contributed by atoms with E-state index in [0.29, 0.717) is 18.4 Å². The number of anilines is 1. The quantitative estimate of drug-likeness (QED) is 0.853. The molecule has 1 amide bonds. The smallest absolute Gasteiger partial charge is 0.255 e. The zero-order valence-corrected chi connectivity index (χ0v) is 12.9. The molecule has 1 aromatic rings. The molecule has 1 aliphatic rings. The number of aromatic nitrogens is 1. The normalized spacial score (nSPS) is 18.1. The van der Waals surface area contributed by atoms with Crippen LogP contribution in [0.25, 0.3) is 0 Å². The molecule has 0 spiro atoms. The highest BCUT2D eigenvalue weighted by atomic mass is 32.2. The van der Waals surface area contributed by atoms with Crippen LogP contribution in [0, 0.1) is 0 Å². The number of hydrogen-bond acceptors (Lipinski definition) is 5. The van der Waals surface area contributed by atoms with Gasteiger partial charge in [0.05, 0.1) is 22.8 Å². The molecule has 0 bridgehead atoms. The molecule has 1 aromatic heterocycles. The molecule has 0 unspecified atom stereocenters. The maximum absolute atomic E-state index is 12.3. The number of pyridine rings is 1. The highest BCUT2D eigenvalue weighted by molar-refractivity contribution is 7.91. The third-order valence-corrected chi connectivity index (χ3v) is 5.24. The molecule has 2 N–H and O–H groups in total. The minimum absolute atomic E-state index is 0.0831. The Hall–Kier alpha value is -1.63. The van der Waals surface area contributed by atoms with Crippen LogP contribution in [0.3, 0.4) is 0 Å². The van der Waals surface area contributed by atoms with Crippen molar-refractivity contribution < 1.29 is 13.2 Å². The third kappa shape index (κ3) is 4.42. The second-order valence-corrected chi connectivity index (χ2v) is 7.55. The standard InChI is InChI=1S/C14H21N3O3S/c1-2-6-16-13-3-7-15-10-12(13)14(18)17-11-4-8-21(19,20)9-5-11/h3,7,10-11H,2,4-6,8-9H2,1H3,(H,15,16)(H,17,18). The second kappa shape index (κ2) is 6.89. The summed E-state index contributed by atoms with van der Waals surface area (Å²) in [4.78, 5) is 16.3. The lowest BCUT2D eigenvalue weighted by Gasteiger charge is -2.23. The van der Waals surface area contributed by atoms with Gasteiger partial charge in [0, 0.05) is 25.0 Å². The molecule has 1 aliphatic heterocycles. The van der Waals surface area contributed by atoms with Crippen LogP contribution in [0.1, 0.15) is 36.5 Å². The summed E-state index contributed by atoms with van der Waals surface area (Å²) in [5, 5.41) is 6.10. The number of nitrogens with one attached hydrogen (secondary N) is 2. The summed E-state index contributed by atoms with van der Waals surface area (Å²) in [5.41, 5.74) is 1.26. The summed E-state index contributed by atoms with van der Waals surface area (Å²) < 4.78 is 22.8. The monoisotopic (exact) mass is 311 g/mol. The van der Waals surface area contributed by atoms with Crippen molar-refractivity contribution in [2.75, 3.05) is 23.4 Å². The number of amides is 1. The zero-order valence-electron chi connectivity index (χ0n) is 12.1. The molecular formula is C14H21N3O3S. The first-order valence-corrected chi connectivity index (χ1v) is 9.03. The molecule has 6 nitrogen and oxygen atoms in total. The molecule has 2 rings (SSSR count). The van der Waals surface area contributed by atoms with Gasteiger partial charge in [-0.15, -0.1) is 0 Å². The molecule has 0 aliphatic carbocycles. The van der Waals surface area contributed by atoms with Gasteiger partial charge in [-0.2, -0.15) is 0 Å². The Morgan fingerprint density at radius 3 is 2.76 bits per heavy atom. The number of sulfone groups is 1. The Balaban J connectivity index is 2.00. The van der Waals surface area contributed by atoms with E-state index in [9.17, 15) is 13.2 Å². The fraction of sp³-hybridized carbons (Fsp3) is 0.571. The number of carbonyl (C=O) groups excluding carboxylic acids is 1. The Morgan fingerprint density at radius 1 is 1.38 bits per heavy atom. The fourth-order valence-corrected chi connectivity index (χ4v) is 3.78. The van der Waals surface area contributed by atoms with Crippen molar-refractivity contribution >= 4 is 21.4 Å².